The second-order valence-electron chi connectivity index (χ2n) is 5.42. The second-order valence-corrected chi connectivity index (χ2v) is 6.23. The fourth-order valence-corrected chi connectivity index (χ4v) is 2.48. The molecular weight excluding hydrogens is 384 g/mol. The van der Waals surface area contributed by atoms with E-state index in [1.165, 1.54) is 19.9 Å². The van der Waals surface area contributed by atoms with Crippen molar-refractivity contribution in [2.45, 2.75) is 20.0 Å². The van der Waals surface area contributed by atoms with E-state index in [0.717, 1.165) is 12.1 Å². The van der Waals surface area contributed by atoms with Gasteiger partial charge in [0.05, 0.1) is 15.6 Å². The third kappa shape index (κ3) is 4.80. The Labute approximate surface area is 159 Å². The molecule has 0 aliphatic heterocycles. The van der Waals surface area contributed by atoms with Gasteiger partial charge in [-0.05, 0) is 38.1 Å². The normalized spacial score (nSPS) is 11.6. The maximum atomic E-state index is 13.5. The minimum atomic E-state index is -1.18. The molecule has 1 atom stereocenters. The van der Waals surface area contributed by atoms with Crippen LogP contribution in [0.2, 0.25) is 10.0 Å². The van der Waals surface area contributed by atoms with Crippen LogP contribution < -0.4 is 5.32 Å². The van der Waals surface area contributed by atoms with Crippen LogP contribution in [0.25, 0.3) is 0 Å². The van der Waals surface area contributed by atoms with Gasteiger partial charge in [-0.15, -0.1) is 0 Å². The van der Waals surface area contributed by atoms with E-state index in [4.69, 9.17) is 27.9 Å². The van der Waals surface area contributed by atoms with Gasteiger partial charge in [-0.1, -0.05) is 35.3 Å². The van der Waals surface area contributed by atoms with Gasteiger partial charge in [0.25, 0.3) is 5.91 Å². The van der Waals surface area contributed by atoms with Crippen LogP contribution in [-0.2, 0) is 9.53 Å². The Morgan fingerprint density at radius 3 is 2.46 bits per heavy atom. The molecule has 0 saturated carbocycles. The number of anilines is 1. The first-order valence-electron chi connectivity index (χ1n) is 7.46. The average molecular weight is 398 g/mol. The summed E-state index contributed by atoms with van der Waals surface area (Å²) in [5.41, 5.74) is 0.559. The SMILES string of the molecule is CC(=O)c1cccc(NC(=O)C(C)OC(=O)c2cc(F)c(Cl)cc2Cl)c1. The van der Waals surface area contributed by atoms with E-state index in [1.54, 1.807) is 18.2 Å². The van der Waals surface area contributed by atoms with E-state index in [0.29, 0.717) is 11.3 Å². The quantitative estimate of drug-likeness (QED) is 0.457. The zero-order valence-electron chi connectivity index (χ0n) is 13.8. The van der Waals surface area contributed by atoms with Crippen LogP contribution in [0.15, 0.2) is 36.4 Å². The Balaban J connectivity index is 2.07. The van der Waals surface area contributed by atoms with E-state index in [1.807, 2.05) is 0 Å². The van der Waals surface area contributed by atoms with Crippen molar-refractivity contribution in [3.8, 4) is 0 Å². The lowest BCUT2D eigenvalue weighted by Gasteiger charge is -2.14. The number of hydrogen-bond donors (Lipinski definition) is 1. The van der Waals surface area contributed by atoms with Crippen LogP contribution in [0, 0.1) is 5.82 Å². The highest BCUT2D eigenvalue weighted by atomic mass is 35.5. The number of hydrogen-bond acceptors (Lipinski definition) is 4. The molecule has 1 amide bonds. The molecule has 0 saturated heterocycles. The molecular formula is C18H14Cl2FNO4. The third-order valence-electron chi connectivity index (χ3n) is 3.42. The molecule has 1 unspecified atom stereocenters. The van der Waals surface area contributed by atoms with Crippen LogP contribution in [0.3, 0.4) is 0 Å². The Morgan fingerprint density at radius 1 is 1.12 bits per heavy atom. The van der Waals surface area contributed by atoms with Crippen molar-refractivity contribution in [1.29, 1.82) is 0 Å². The number of ether oxygens (including phenoxy) is 1. The number of amides is 1. The highest BCUT2D eigenvalue weighted by Crippen LogP contribution is 2.25. The lowest BCUT2D eigenvalue weighted by Crippen LogP contribution is -2.30. The van der Waals surface area contributed by atoms with Crippen molar-refractivity contribution in [3.63, 3.8) is 0 Å². The van der Waals surface area contributed by atoms with Gasteiger partial charge >= 0.3 is 5.97 Å². The lowest BCUT2D eigenvalue weighted by atomic mass is 10.1. The number of rotatable bonds is 5. The molecule has 0 fully saturated rings. The zero-order chi connectivity index (χ0) is 19.4. The molecule has 26 heavy (non-hydrogen) atoms. The molecule has 5 nitrogen and oxygen atoms in total. The summed E-state index contributed by atoms with van der Waals surface area (Å²) in [6.45, 7) is 2.75. The molecule has 0 heterocycles. The van der Waals surface area contributed by atoms with E-state index >= 15 is 0 Å². The molecule has 0 aliphatic carbocycles. The summed E-state index contributed by atoms with van der Waals surface area (Å²) >= 11 is 11.4. The Morgan fingerprint density at radius 2 is 1.81 bits per heavy atom. The number of esters is 1. The molecule has 136 valence electrons. The maximum absolute atomic E-state index is 13.5. The van der Waals surface area contributed by atoms with E-state index in [9.17, 15) is 18.8 Å². The summed E-state index contributed by atoms with van der Waals surface area (Å²) in [5, 5.41) is 2.20. The first-order valence-corrected chi connectivity index (χ1v) is 8.22. The van der Waals surface area contributed by atoms with Crippen molar-refractivity contribution in [3.05, 3.63) is 63.4 Å². The average Bonchev–Trinajstić information content (AvgIpc) is 2.58. The van der Waals surface area contributed by atoms with E-state index < -0.39 is 23.8 Å². The second kappa shape index (κ2) is 8.29. The molecule has 0 bridgehead atoms. The fraction of sp³-hybridized carbons (Fsp3) is 0.167. The molecule has 0 aromatic heterocycles. The van der Waals surface area contributed by atoms with Crippen molar-refractivity contribution in [2.75, 3.05) is 5.32 Å². The number of halogens is 3. The van der Waals surface area contributed by atoms with Gasteiger partial charge in [-0.25, -0.2) is 9.18 Å². The number of nitrogens with one attached hydrogen (secondary N) is 1. The van der Waals surface area contributed by atoms with Crippen LogP contribution >= 0.6 is 23.2 Å². The van der Waals surface area contributed by atoms with Gasteiger partial charge in [0.2, 0.25) is 0 Å². The van der Waals surface area contributed by atoms with Gasteiger partial charge in [0.1, 0.15) is 5.82 Å². The summed E-state index contributed by atoms with van der Waals surface area (Å²) in [5.74, 6) is -2.57. The summed E-state index contributed by atoms with van der Waals surface area (Å²) in [4.78, 5) is 35.6. The Hall–Kier alpha value is -2.44. The van der Waals surface area contributed by atoms with Gasteiger partial charge in [0, 0.05) is 11.3 Å². The summed E-state index contributed by atoms with van der Waals surface area (Å²) in [6.07, 6.45) is -1.18. The largest absolute Gasteiger partial charge is 0.449 e. The zero-order valence-corrected chi connectivity index (χ0v) is 15.3. The Bertz CT molecular complexity index is 885. The highest BCUT2D eigenvalue weighted by Gasteiger charge is 2.22. The minimum absolute atomic E-state index is 0.0943. The van der Waals surface area contributed by atoms with Crippen molar-refractivity contribution >= 4 is 46.5 Å². The number of ketones is 1. The number of benzene rings is 2. The van der Waals surface area contributed by atoms with Crippen molar-refractivity contribution in [1.82, 2.24) is 0 Å². The number of carbonyl (C=O) groups is 3. The van der Waals surface area contributed by atoms with Crippen molar-refractivity contribution in [2.24, 2.45) is 0 Å². The molecule has 0 spiro atoms. The summed E-state index contributed by atoms with van der Waals surface area (Å²) < 4.78 is 18.5. The smallest absolute Gasteiger partial charge is 0.340 e. The van der Waals surface area contributed by atoms with Crippen molar-refractivity contribution < 1.29 is 23.5 Å². The standard InChI is InChI=1S/C18H14Cl2FNO4/c1-9(23)11-4-3-5-12(6-11)22-17(24)10(2)26-18(25)13-7-16(21)15(20)8-14(13)19/h3-8,10H,1-2H3,(H,22,24). The monoisotopic (exact) mass is 397 g/mol. The van der Waals surface area contributed by atoms with Crippen LogP contribution in [0.4, 0.5) is 10.1 Å². The molecule has 2 aromatic rings. The van der Waals surface area contributed by atoms with Gasteiger partial charge in [0.15, 0.2) is 11.9 Å². The maximum Gasteiger partial charge on any atom is 0.340 e. The topological polar surface area (TPSA) is 72.5 Å². The van der Waals surface area contributed by atoms with Crippen LogP contribution in [0.5, 0.6) is 0 Å². The highest BCUT2D eigenvalue weighted by molar-refractivity contribution is 6.36. The first-order chi connectivity index (χ1) is 12.2. The van der Waals surface area contributed by atoms with Gasteiger partial charge in [-0.2, -0.15) is 0 Å². The number of carbonyl (C=O) groups excluding carboxylic acids is 3. The third-order valence-corrected chi connectivity index (χ3v) is 4.02. The van der Waals surface area contributed by atoms with Crippen LogP contribution in [-0.4, -0.2) is 23.8 Å². The fourth-order valence-electron chi connectivity index (χ4n) is 2.02. The minimum Gasteiger partial charge on any atom is -0.449 e. The first kappa shape index (κ1) is 19.9. The molecule has 8 heteroatoms. The molecule has 2 rings (SSSR count). The van der Waals surface area contributed by atoms with Gasteiger partial charge < -0.3 is 10.1 Å². The predicted molar refractivity (Wildman–Crippen MR) is 96.4 cm³/mol. The summed E-state index contributed by atoms with van der Waals surface area (Å²) in [7, 11) is 0. The number of Topliss-reactive ketones (excluding diaryl/α,β-unsaturated/α-hetero) is 1. The molecule has 0 radical (unpaired) electrons. The summed E-state index contributed by atoms with van der Waals surface area (Å²) in [6, 6.07) is 8.23. The molecule has 2 aromatic carbocycles. The lowest BCUT2D eigenvalue weighted by molar-refractivity contribution is -0.123. The predicted octanol–water partition coefficient (Wildman–Crippen LogP) is 4.52. The van der Waals surface area contributed by atoms with Crippen LogP contribution in [0.1, 0.15) is 34.6 Å². The Kier molecular flexibility index (Phi) is 6.34. The van der Waals surface area contributed by atoms with E-state index in [2.05, 4.69) is 5.32 Å². The molecule has 1 N–H and O–H groups in total. The van der Waals surface area contributed by atoms with E-state index in [-0.39, 0.29) is 21.4 Å². The molecule has 0 aliphatic rings. The van der Waals surface area contributed by atoms with Gasteiger partial charge in [-0.3, -0.25) is 9.59 Å².